The number of hydrogen-bond acceptors (Lipinski definition) is 4. The maximum absolute atomic E-state index is 10.3. The van der Waals surface area contributed by atoms with Crippen molar-refractivity contribution in [1.82, 2.24) is 4.98 Å². The lowest BCUT2D eigenvalue weighted by atomic mass is 10.3. The zero-order valence-electron chi connectivity index (χ0n) is 6.02. The maximum atomic E-state index is 10.3. The smallest absolute Gasteiger partial charge is 0.260 e. The van der Waals surface area contributed by atoms with Gasteiger partial charge in [0.25, 0.3) is 5.89 Å². The number of nitrogens with zero attached hydrogens (tertiary/aromatic N) is 1. The lowest BCUT2D eigenvalue weighted by Gasteiger charge is -1.88. The Morgan fingerprint density at radius 1 is 1.50 bits per heavy atom. The van der Waals surface area contributed by atoms with Gasteiger partial charge in [0.2, 0.25) is 6.29 Å². The number of carbonyl (C=O) groups is 1. The number of carbonyl (C=O) groups excluding carboxylic acids is 1. The van der Waals surface area contributed by atoms with Crippen molar-refractivity contribution < 1.29 is 9.21 Å². The molecule has 0 amide bonds. The molecule has 60 valence electrons. The van der Waals surface area contributed by atoms with Gasteiger partial charge in [0, 0.05) is 4.90 Å². The molecular formula is C8H5NO2S. The molecule has 0 spiro atoms. The van der Waals surface area contributed by atoms with E-state index in [9.17, 15) is 4.79 Å². The molecule has 0 aliphatic heterocycles. The number of rotatable bonds is 1. The maximum Gasteiger partial charge on any atom is 0.260 e. The number of hydrogen-bond donors (Lipinski definition) is 1. The Balaban J connectivity index is 2.82. The van der Waals surface area contributed by atoms with Gasteiger partial charge in [0.15, 0.2) is 5.58 Å². The lowest BCUT2D eigenvalue weighted by molar-refractivity contribution is 0.109. The number of aldehydes is 1. The minimum atomic E-state index is 0.0894. The van der Waals surface area contributed by atoms with Crippen molar-refractivity contribution in [2.75, 3.05) is 0 Å². The molecule has 3 nitrogen and oxygen atoms in total. The van der Waals surface area contributed by atoms with Crippen LogP contribution in [-0.4, -0.2) is 11.3 Å². The van der Waals surface area contributed by atoms with E-state index >= 15 is 0 Å². The summed E-state index contributed by atoms with van der Waals surface area (Å²) in [6.07, 6.45) is 0.577. The second kappa shape index (κ2) is 2.64. The zero-order valence-corrected chi connectivity index (χ0v) is 6.91. The van der Waals surface area contributed by atoms with Crippen LogP contribution in [0.15, 0.2) is 27.5 Å². The fourth-order valence-electron chi connectivity index (χ4n) is 1.00. The number of aromatic nitrogens is 1. The van der Waals surface area contributed by atoms with Crippen molar-refractivity contribution in [3.05, 3.63) is 24.1 Å². The molecule has 0 saturated heterocycles. The fraction of sp³-hybridized carbons (Fsp3) is 0. The van der Waals surface area contributed by atoms with Crippen LogP contribution in [-0.2, 0) is 0 Å². The minimum absolute atomic E-state index is 0.0894. The molecule has 0 bridgehead atoms. The highest BCUT2D eigenvalue weighted by Crippen LogP contribution is 2.21. The molecule has 0 N–H and O–H groups in total. The molecule has 0 aliphatic carbocycles. The van der Waals surface area contributed by atoms with E-state index in [2.05, 4.69) is 17.6 Å². The molecule has 0 unspecified atom stereocenters. The van der Waals surface area contributed by atoms with Crippen LogP contribution in [0.1, 0.15) is 10.7 Å². The Bertz CT molecular complexity index is 436. The van der Waals surface area contributed by atoms with Gasteiger partial charge in [-0.05, 0) is 12.1 Å². The molecule has 0 fully saturated rings. The summed E-state index contributed by atoms with van der Waals surface area (Å²) in [5, 5.41) is 0. The summed E-state index contributed by atoms with van der Waals surface area (Å²) < 4.78 is 5.09. The first kappa shape index (κ1) is 7.36. The average molecular weight is 179 g/mol. The van der Waals surface area contributed by atoms with Crippen LogP contribution in [0.2, 0.25) is 0 Å². The van der Waals surface area contributed by atoms with Crippen molar-refractivity contribution in [2.24, 2.45) is 0 Å². The van der Waals surface area contributed by atoms with Crippen molar-refractivity contribution >= 4 is 30.0 Å². The molecule has 2 rings (SSSR count). The first-order chi connectivity index (χ1) is 5.81. The lowest BCUT2D eigenvalue weighted by Crippen LogP contribution is -1.74. The predicted molar refractivity (Wildman–Crippen MR) is 46.6 cm³/mol. The summed E-state index contributed by atoms with van der Waals surface area (Å²) in [6, 6.07) is 5.36. The largest absolute Gasteiger partial charge is 0.433 e. The van der Waals surface area contributed by atoms with Crippen LogP contribution in [0.25, 0.3) is 11.1 Å². The number of thiol groups is 1. The average Bonchev–Trinajstić information content (AvgIpc) is 2.49. The van der Waals surface area contributed by atoms with Crippen LogP contribution in [0.4, 0.5) is 0 Å². The third kappa shape index (κ3) is 1.00. The topological polar surface area (TPSA) is 43.1 Å². The van der Waals surface area contributed by atoms with E-state index < -0.39 is 0 Å². The highest BCUT2D eigenvalue weighted by atomic mass is 32.1. The monoisotopic (exact) mass is 179 g/mol. The SMILES string of the molecule is O=Cc1nc2cccc(S)c2o1. The molecule has 1 heterocycles. The van der Waals surface area contributed by atoms with Gasteiger partial charge in [-0.1, -0.05) is 6.07 Å². The van der Waals surface area contributed by atoms with Gasteiger partial charge >= 0.3 is 0 Å². The highest BCUT2D eigenvalue weighted by molar-refractivity contribution is 7.80. The van der Waals surface area contributed by atoms with Gasteiger partial charge in [0.1, 0.15) is 5.52 Å². The molecule has 0 radical (unpaired) electrons. The van der Waals surface area contributed by atoms with Gasteiger partial charge in [-0.25, -0.2) is 4.98 Å². The van der Waals surface area contributed by atoms with E-state index in [1.807, 2.05) is 6.07 Å². The third-order valence-corrected chi connectivity index (χ3v) is 1.86. The molecule has 1 aromatic heterocycles. The van der Waals surface area contributed by atoms with E-state index in [1.165, 1.54) is 0 Å². The Labute approximate surface area is 73.8 Å². The summed E-state index contributed by atoms with van der Waals surface area (Å²) in [5.74, 6) is 0.0894. The summed E-state index contributed by atoms with van der Waals surface area (Å²) in [6.45, 7) is 0. The molecule has 12 heavy (non-hydrogen) atoms. The van der Waals surface area contributed by atoms with Crippen LogP contribution < -0.4 is 0 Å². The second-order valence-electron chi connectivity index (χ2n) is 2.30. The highest BCUT2D eigenvalue weighted by Gasteiger charge is 2.05. The first-order valence-electron chi connectivity index (χ1n) is 3.35. The first-order valence-corrected chi connectivity index (χ1v) is 3.79. The van der Waals surface area contributed by atoms with Crippen molar-refractivity contribution in [1.29, 1.82) is 0 Å². The van der Waals surface area contributed by atoms with Crippen LogP contribution in [0.5, 0.6) is 0 Å². The summed E-state index contributed by atoms with van der Waals surface area (Å²) in [4.78, 5) is 14.9. The Hall–Kier alpha value is -1.29. The zero-order chi connectivity index (χ0) is 8.55. The Morgan fingerprint density at radius 2 is 2.33 bits per heavy atom. The fourth-order valence-corrected chi connectivity index (χ4v) is 1.25. The molecule has 0 saturated carbocycles. The van der Waals surface area contributed by atoms with E-state index in [0.29, 0.717) is 22.3 Å². The van der Waals surface area contributed by atoms with Crippen molar-refractivity contribution in [3.8, 4) is 0 Å². The number of benzene rings is 1. The van der Waals surface area contributed by atoms with Crippen molar-refractivity contribution in [2.45, 2.75) is 4.90 Å². The van der Waals surface area contributed by atoms with E-state index in [4.69, 9.17) is 4.42 Å². The quantitative estimate of drug-likeness (QED) is 0.537. The van der Waals surface area contributed by atoms with Crippen LogP contribution in [0, 0.1) is 0 Å². The van der Waals surface area contributed by atoms with Gasteiger partial charge in [-0.3, -0.25) is 4.79 Å². The van der Waals surface area contributed by atoms with Gasteiger partial charge in [-0.2, -0.15) is 0 Å². The normalized spacial score (nSPS) is 10.4. The number of fused-ring (bicyclic) bond motifs is 1. The number of para-hydroxylation sites is 1. The Morgan fingerprint density at radius 3 is 3.00 bits per heavy atom. The van der Waals surface area contributed by atoms with Gasteiger partial charge in [-0.15, -0.1) is 12.6 Å². The third-order valence-electron chi connectivity index (χ3n) is 1.51. The van der Waals surface area contributed by atoms with E-state index in [-0.39, 0.29) is 5.89 Å². The molecule has 0 aliphatic rings. The molecular weight excluding hydrogens is 174 g/mol. The van der Waals surface area contributed by atoms with Gasteiger partial charge in [0.05, 0.1) is 0 Å². The molecule has 1 aromatic carbocycles. The standard InChI is InChI=1S/C8H5NO2S/c10-4-7-9-5-2-1-3-6(12)8(5)11-7/h1-4,12H. The minimum Gasteiger partial charge on any atom is -0.433 e. The Kier molecular flexibility index (Phi) is 1.62. The summed E-state index contributed by atoms with van der Waals surface area (Å²) in [7, 11) is 0. The summed E-state index contributed by atoms with van der Waals surface area (Å²) >= 11 is 4.15. The molecule has 2 aromatic rings. The van der Waals surface area contributed by atoms with E-state index in [0.717, 1.165) is 0 Å². The molecule has 0 atom stereocenters. The molecule has 4 heteroatoms. The van der Waals surface area contributed by atoms with Crippen molar-refractivity contribution in [3.63, 3.8) is 0 Å². The van der Waals surface area contributed by atoms with Gasteiger partial charge < -0.3 is 4.42 Å². The van der Waals surface area contributed by atoms with E-state index in [1.54, 1.807) is 12.1 Å². The summed E-state index contributed by atoms with van der Waals surface area (Å²) in [5.41, 5.74) is 1.22. The number of oxazole rings is 1. The van der Waals surface area contributed by atoms with Crippen LogP contribution in [0.3, 0.4) is 0 Å². The second-order valence-corrected chi connectivity index (χ2v) is 2.78. The van der Waals surface area contributed by atoms with Crippen LogP contribution >= 0.6 is 12.6 Å². The predicted octanol–water partition coefficient (Wildman–Crippen LogP) is 1.93.